The van der Waals surface area contributed by atoms with E-state index in [-0.39, 0.29) is 0 Å². The molecule has 0 amide bonds. The number of imidazole rings is 1. The molecule has 0 aliphatic carbocycles. The first-order valence-corrected chi connectivity index (χ1v) is 5.00. The molecule has 0 radical (unpaired) electrons. The molecule has 3 heteroatoms. The Morgan fingerprint density at radius 2 is 2.43 bits per heavy atom. The molecule has 0 atom stereocenters. The van der Waals surface area contributed by atoms with Crippen LogP contribution in [0.1, 0.15) is 25.5 Å². The predicted molar refractivity (Wildman–Crippen MR) is 57.6 cm³/mol. The molecule has 0 saturated heterocycles. The molecular weight excluding hydrogens is 174 g/mol. The molecule has 0 spiro atoms. The van der Waals surface area contributed by atoms with E-state index in [0.29, 0.717) is 0 Å². The summed E-state index contributed by atoms with van der Waals surface area (Å²) in [7, 11) is 0. The predicted octanol–water partition coefficient (Wildman–Crippen LogP) is 1.64. The number of aromatic amines is 1. The fourth-order valence-electron chi connectivity index (χ4n) is 1.42. The van der Waals surface area contributed by atoms with Crippen LogP contribution in [0.15, 0.2) is 12.5 Å². The standard InChI is InChI=1S/C11H17N3/c1-3-5-7-14(6-4-2)9-11-8-12-10-13-11/h1,8,10H,4-7,9H2,2H3,(H,12,13). The van der Waals surface area contributed by atoms with Gasteiger partial charge in [0, 0.05) is 31.4 Å². The van der Waals surface area contributed by atoms with Crippen molar-refractivity contribution >= 4 is 0 Å². The Balaban J connectivity index is 2.39. The van der Waals surface area contributed by atoms with Crippen molar-refractivity contribution in [2.75, 3.05) is 13.1 Å². The molecular formula is C11H17N3. The van der Waals surface area contributed by atoms with Crippen LogP contribution >= 0.6 is 0 Å². The molecule has 1 aromatic heterocycles. The highest BCUT2D eigenvalue weighted by atomic mass is 15.1. The number of terminal acetylenes is 1. The van der Waals surface area contributed by atoms with Crippen LogP contribution in [-0.2, 0) is 6.54 Å². The molecule has 0 bridgehead atoms. The summed E-state index contributed by atoms with van der Waals surface area (Å²) in [6, 6.07) is 0. The zero-order valence-corrected chi connectivity index (χ0v) is 8.66. The zero-order chi connectivity index (χ0) is 10.2. The van der Waals surface area contributed by atoms with Crippen LogP contribution < -0.4 is 0 Å². The minimum Gasteiger partial charge on any atom is -0.347 e. The van der Waals surface area contributed by atoms with Gasteiger partial charge in [0.25, 0.3) is 0 Å². The molecule has 0 fully saturated rings. The summed E-state index contributed by atoms with van der Waals surface area (Å²) in [6.07, 6.45) is 10.8. The molecule has 0 unspecified atom stereocenters. The van der Waals surface area contributed by atoms with E-state index in [2.05, 4.69) is 27.7 Å². The molecule has 1 N–H and O–H groups in total. The third-order valence-electron chi connectivity index (χ3n) is 2.06. The minimum absolute atomic E-state index is 0.814. The highest BCUT2D eigenvalue weighted by Crippen LogP contribution is 2.01. The highest BCUT2D eigenvalue weighted by molar-refractivity contribution is 4.94. The van der Waals surface area contributed by atoms with Gasteiger partial charge in [0.05, 0.1) is 6.33 Å². The lowest BCUT2D eigenvalue weighted by Gasteiger charge is -2.19. The van der Waals surface area contributed by atoms with Crippen LogP contribution in [0.5, 0.6) is 0 Å². The van der Waals surface area contributed by atoms with Gasteiger partial charge in [-0.3, -0.25) is 4.90 Å². The van der Waals surface area contributed by atoms with E-state index in [1.165, 1.54) is 0 Å². The fraction of sp³-hybridized carbons (Fsp3) is 0.545. The first-order chi connectivity index (χ1) is 6.86. The lowest BCUT2D eigenvalue weighted by molar-refractivity contribution is 0.270. The third-order valence-corrected chi connectivity index (χ3v) is 2.06. The molecule has 3 nitrogen and oxygen atoms in total. The Morgan fingerprint density at radius 1 is 1.57 bits per heavy atom. The van der Waals surface area contributed by atoms with Crippen molar-refractivity contribution in [1.29, 1.82) is 0 Å². The quantitative estimate of drug-likeness (QED) is 0.693. The largest absolute Gasteiger partial charge is 0.347 e. The number of nitrogens with zero attached hydrogens (tertiary/aromatic N) is 2. The maximum Gasteiger partial charge on any atom is 0.0922 e. The van der Waals surface area contributed by atoms with E-state index in [0.717, 1.165) is 38.2 Å². The lowest BCUT2D eigenvalue weighted by atomic mass is 10.3. The van der Waals surface area contributed by atoms with Crippen LogP contribution in [0, 0.1) is 12.3 Å². The second-order valence-electron chi connectivity index (χ2n) is 3.31. The van der Waals surface area contributed by atoms with E-state index in [1.807, 2.05) is 6.20 Å². The van der Waals surface area contributed by atoms with E-state index in [9.17, 15) is 0 Å². The van der Waals surface area contributed by atoms with Crippen molar-refractivity contribution in [1.82, 2.24) is 14.9 Å². The van der Waals surface area contributed by atoms with E-state index in [1.54, 1.807) is 6.33 Å². The second kappa shape index (κ2) is 6.22. The van der Waals surface area contributed by atoms with E-state index >= 15 is 0 Å². The van der Waals surface area contributed by atoms with Crippen LogP contribution in [0.25, 0.3) is 0 Å². The van der Waals surface area contributed by atoms with Crippen molar-refractivity contribution in [3.8, 4) is 12.3 Å². The van der Waals surface area contributed by atoms with Crippen molar-refractivity contribution in [3.05, 3.63) is 18.2 Å². The summed E-state index contributed by atoms with van der Waals surface area (Å²) in [4.78, 5) is 9.43. The van der Waals surface area contributed by atoms with Crippen molar-refractivity contribution in [2.24, 2.45) is 0 Å². The maximum atomic E-state index is 5.25. The Kier molecular flexibility index (Phi) is 4.81. The summed E-state index contributed by atoms with van der Waals surface area (Å²) in [5.41, 5.74) is 1.15. The average Bonchev–Trinajstić information content (AvgIpc) is 2.67. The van der Waals surface area contributed by atoms with Crippen LogP contribution in [-0.4, -0.2) is 28.0 Å². The molecule has 1 rings (SSSR count). The summed E-state index contributed by atoms with van der Waals surface area (Å²) in [5, 5.41) is 0. The van der Waals surface area contributed by atoms with Crippen LogP contribution in [0.3, 0.4) is 0 Å². The molecule has 0 saturated carbocycles. The number of hydrogen-bond acceptors (Lipinski definition) is 2. The molecule has 1 heterocycles. The molecule has 0 aromatic carbocycles. The van der Waals surface area contributed by atoms with Gasteiger partial charge in [-0.15, -0.1) is 12.3 Å². The van der Waals surface area contributed by atoms with Gasteiger partial charge >= 0.3 is 0 Å². The number of rotatable bonds is 6. The smallest absolute Gasteiger partial charge is 0.0922 e. The molecule has 76 valence electrons. The fourth-order valence-corrected chi connectivity index (χ4v) is 1.42. The normalized spacial score (nSPS) is 10.4. The Labute approximate surface area is 85.5 Å². The minimum atomic E-state index is 0.814. The third kappa shape index (κ3) is 3.63. The first-order valence-electron chi connectivity index (χ1n) is 5.00. The Bertz CT molecular complexity index is 271. The van der Waals surface area contributed by atoms with Gasteiger partial charge in [-0.2, -0.15) is 0 Å². The van der Waals surface area contributed by atoms with Gasteiger partial charge in [0.1, 0.15) is 0 Å². The van der Waals surface area contributed by atoms with Gasteiger partial charge in [-0.05, 0) is 13.0 Å². The Morgan fingerprint density at radius 3 is 3.00 bits per heavy atom. The number of H-pyrrole nitrogens is 1. The summed E-state index contributed by atoms with van der Waals surface area (Å²) in [6.45, 7) is 5.13. The highest BCUT2D eigenvalue weighted by Gasteiger charge is 2.04. The number of nitrogens with one attached hydrogen (secondary N) is 1. The average molecular weight is 191 g/mol. The zero-order valence-electron chi connectivity index (χ0n) is 8.66. The monoisotopic (exact) mass is 191 g/mol. The van der Waals surface area contributed by atoms with E-state index in [4.69, 9.17) is 6.42 Å². The van der Waals surface area contributed by atoms with Gasteiger partial charge in [0.15, 0.2) is 0 Å². The van der Waals surface area contributed by atoms with Gasteiger partial charge in [0.2, 0.25) is 0 Å². The van der Waals surface area contributed by atoms with Gasteiger partial charge in [-0.25, -0.2) is 4.98 Å². The SMILES string of the molecule is C#CCCN(CCC)Cc1cnc[nH]1. The van der Waals surface area contributed by atoms with Gasteiger partial charge < -0.3 is 4.98 Å². The summed E-state index contributed by atoms with van der Waals surface area (Å²) < 4.78 is 0. The maximum absolute atomic E-state index is 5.25. The van der Waals surface area contributed by atoms with Crippen LogP contribution in [0.4, 0.5) is 0 Å². The molecule has 0 aliphatic heterocycles. The van der Waals surface area contributed by atoms with E-state index < -0.39 is 0 Å². The van der Waals surface area contributed by atoms with Crippen molar-refractivity contribution in [3.63, 3.8) is 0 Å². The Hall–Kier alpha value is -1.27. The summed E-state index contributed by atoms with van der Waals surface area (Å²) >= 11 is 0. The summed E-state index contributed by atoms with van der Waals surface area (Å²) in [5.74, 6) is 2.67. The van der Waals surface area contributed by atoms with Gasteiger partial charge in [-0.1, -0.05) is 6.92 Å². The van der Waals surface area contributed by atoms with Crippen molar-refractivity contribution in [2.45, 2.75) is 26.3 Å². The second-order valence-corrected chi connectivity index (χ2v) is 3.31. The molecule has 0 aliphatic rings. The van der Waals surface area contributed by atoms with Crippen molar-refractivity contribution < 1.29 is 0 Å². The van der Waals surface area contributed by atoms with Crippen LogP contribution in [0.2, 0.25) is 0 Å². The number of hydrogen-bond donors (Lipinski definition) is 1. The topological polar surface area (TPSA) is 31.9 Å². The molecule has 14 heavy (non-hydrogen) atoms. The number of aromatic nitrogens is 2. The molecule has 1 aromatic rings. The lowest BCUT2D eigenvalue weighted by Crippen LogP contribution is -2.25. The first kappa shape index (κ1) is 10.8.